The van der Waals surface area contributed by atoms with Crippen molar-refractivity contribution in [2.24, 2.45) is 0 Å². The van der Waals surface area contributed by atoms with Crippen LogP contribution in [0, 0.1) is 5.82 Å². The Bertz CT molecular complexity index is 921. The van der Waals surface area contributed by atoms with Gasteiger partial charge in [-0.1, -0.05) is 11.6 Å². The van der Waals surface area contributed by atoms with E-state index >= 15 is 0 Å². The Morgan fingerprint density at radius 1 is 1.19 bits per heavy atom. The van der Waals surface area contributed by atoms with Crippen molar-refractivity contribution >= 4 is 23.2 Å². The van der Waals surface area contributed by atoms with Crippen molar-refractivity contribution in [3.8, 4) is 0 Å². The highest BCUT2D eigenvalue weighted by molar-refractivity contribution is 6.30. The highest BCUT2D eigenvalue weighted by atomic mass is 35.5. The summed E-state index contributed by atoms with van der Waals surface area (Å²) in [6, 6.07) is 10.8. The number of rotatable bonds is 3. The summed E-state index contributed by atoms with van der Waals surface area (Å²) in [6.45, 7) is 0. The molecule has 1 heterocycles. The van der Waals surface area contributed by atoms with Gasteiger partial charge in [0.25, 0.3) is 5.91 Å². The molecular weight excluding hydrogens is 363 g/mol. The Kier molecular flexibility index (Phi) is 3.94. The summed E-state index contributed by atoms with van der Waals surface area (Å²) in [5.74, 6) is -0.214. The van der Waals surface area contributed by atoms with Crippen LogP contribution in [0.15, 0.2) is 36.4 Å². The van der Waals surface area contributed by atoms with Crippen LogP contribution < -0.4 is 10.6 Å². The number of carbonyl (C=O) groups excluding carboxylic acids is 1. The Morgan fingerprint density at radius 3 is 2.70 bits per heavy atom. The minimum absolute atomic E-state index is 0.0151. The topological polar surface area (TPSA) is 41.1 Å². The number of hydrogen-bond acceptors (Lipinski definition) is 2. The fourth-order valence-electron chi connectivity index (χ4n) is 4.40. The molecule has 1 atom stereocenters. The predicted octanol–water partition coefficient (Wildman–Crippen LogP) is 5.35. The van der Waals surface area contributed by atoms with Gasteiger partial charge in [0.1, 0.15) is 5.82 Å². The van der Waals surface area contributed by atoms with E-state index in [0.717, 1.165) is 43.4 Å². The van der Waals surface area contributed by atoms with Crippen LogP contribution in [0.1, 0.15) is 66.1 Å². The van der Waals surface area contributed by atoms with Crippen LogP contribution >= 0.6 is 11.6 Å². The third kappa shape index (κ3) is 3.00. The lowest BCUT2D eigenvalue weighted by Gasteiger charge is -2.34. The van der Waals surface area contributed by atoms with E-state index in [1.807, 2.05) is 18.2 Å². The van der Waals surface area contributed by atoms with Crippen LogP contribution in [0.5, 0.6) is 0 Å². The average Bonchev–Trinajstić information content (AvgIpc) is 3.39. The molecule has 1 aliphatic heterocycles. The fraction of sp³-hybridized carbons (Fsp3) is 0.409. The van der Waals surface area contributed by atoms with Crippen molar-refractivity contribution in [3.63, 3.8) is 0 Å². The molecule has 1 spiro atoms. The third-order valence-corrected chi connectivity index (χ3v) is 6.64. The van der Waals surface area contributed by atoms with Gasteiger partial charge in [0.15, 0.2) is 0 Å². The van der Waals surface area contributed by atoms with Crippen molar-refractivity contribution in [2.45, 2.75) is 56.0 Å². The summed E-state index contributed by atoms with van der Waals surface area (Å²) >= 11 is 6.10. The number of hydrogen-bond donors (Lipinski definition) is 2. The van der Waals surface area contributed by atoms with Crippen LogP contribution in [-0.2, 0) is 5.41 Å². The molecule has 0 saturated heterocycles. The smallest absolute Gasteiger partial charge is 0.251 e. The maximum atomic E-state index is 14.4. The van der Waals surface area contributed by atoms with Crippen LogP contribution in [0.3, 0.4) is 0 Å². The number of benzene rings is 2. The Balaban J connectivity index is 1.45. The van der Waals surface area contributed by atoms with Crippen molar-refractivity contribution in [1.29, 1.82) is 0 Å². The molecule has 1 unspecified atom stereocenters. The van der Waals surface area contributed by atoms with E-state index in [-0.39, 0.29) is 23.2 Å². The van der Waals surface area contributed by atoms with Crippen LogP contribution in [0.25, 0.3) is 0 Å². The second kappa shape index (κ2) is 6.23. The molecule has 2 saturated carbocycles. The lowest BCUT2D eigenvalue weighted by Crippen LogP contribution is -2.39. The first kappa shape index (κ1) is 17.1. The minimum Gasteiger partial charge on any atom is -0.378 e. The normalized spacial score (nSPS) is 22.5. The number of carbonyl (C=O) groups is 1. The number of fused-ring (bicyclic) bond motifs is 2. The summed E-state index contributed by atoms with van der Waals surface area (Å²) < 4.78 is 14.4. The quantitative estimate of drug-likeness (QED) is 0.748. The number of amides is 1. The average molecular weight is 385 g/mol. The number of anilines is 1. The van der Waals surface area contributed by atoms with Crippen LogP contribution in [-0.4, -0.2) is 11.9 Å². The van der Waals surface area contributed by atoms with E-state index in [9.17, 15) is 9.18 Å². The van der Waals surface area contributed by atoms with E-state index in [2.05, 4.69) is 10.6 Å². The number of nitrogens with one attached hydrogen (secondary N) is 2. The van der Waals surface area contributed by atoms with Gasteiger partial charge in [-0.25, -0.2) is 4.39 Å². The van der Waals surface area contributed by atoms with Crippen LogP contribution in [0.2, 0.25) is 5.02 Å². The van der Waals surface area contributed by atoms with Gasteiger partial charge in [0.05, 0.1) is 6.04 Å². The molecule has 5 heteroatoms. The monoisotopic (exact) mass is 384 g/mol. The van der Waals surface area contributed by atoms with E-state index in [1.54, 1.807) is 12.1 Å². The van der Waals surface area contributed by atoms with E-state index < -0.39 is 0 Å². The molecule has 0 radical (unpaired) electrons. The highest BCUT2D eigenvalue weighted by Gasteiger charge is 2.50. The Labute approximate surface area is 163 Å². The molecule has 0 bridgehead atoms. The standard InChI is InChI=1S/C22H22ClFN2O/c23-14-5-6-18(24)16(11-14)20-12-22(8-9-22)17-10-13(4-7-19(17)26-20)21(27)25-15-2-1-3-15/h4-7,10-11,15,20,26H,1-3,8-9,12H2,(H,25,27). The minimum atomic E-state index is -0.229. The SMILES string of the molecule is O=C(NC1CCC1)c1ccc2c(c1)C1(CC1)CC(c1cc(Cl)ccc1F)N2. The maximum absolute atomic E-state index is 14.4. The fourth-order valence-corrected chi connectivity index (χ4v) is 4.59. The van der Waals surface area contributed by atoms with Gasteiger partial charge in [-0.2, -0.15) is 0 Å². The first-order valence-corrected chi connectivity index (χ1v) is 10.1. The van der Waals surface area contributed by atoms with E-state index in [0.29, 0.717) is 16.6 Å². The zero-order chi connectivity index (χ0) is 18.6. The highest BCUT2D eigenvalue weighted by Crippen LogP contribution is 2.59. The number of halogens is 2. The van der Waals surface area contributed by atoms with Gasteiger partial charge < -0.3 is 10.6 Å². The molecule has 27 heavy (non-hydrogen) atoms. The largest absolute Gasteiger partial charge is 0.378 e. The molecule has 3 nitrogen and oxygen atoms in total. The molecule has 0 aromatic heterocycles. The van der Waals surface area contributed by atoms with Crippen molar-refractivity contribution in [2.75, 3.05) is 5.32 Å². The molecule has 1 amide bonds. The van der Waals surface area contributed by atoms with Gasteiger partial charge in [0, 0.05) is 27.9 Å². The summed E-state index contributed by atoms with van der Waals surface area (Å²) in [6.07, 6.45) is 6.33. The van der Waals surface area contributed by atoms with E-state index in [1.165, 1.54) is 18.1 Å². The van der Waals surface area contributed by atoms with Crippen LogP contribution in [0.4, 0.5) is 10.1 Å². The molecule has 3 aliphatic rings. The molecular formula is C22H22ClFN2O. The van der Waals surface area contributed by atoms with Crippen molar-refractivity contribution in [3.05, 3.63) is 63.9 Å². The van der Waals surface area contributed by atoms with Gasteiger partial charge in [-0.15, -0.1) is 0 Å². The Morgan fingerprint density at radius 2 is 2.00 bits per heavy atom. The molecule has 2 N–H and O–H groups in total. The predicted molar refractivity (Wildman–Crippen MR) is 105 cm³/mol. The molecule has 140 valence electrons. The van der Waals surface area contributed by atoms with Crippen molar-refractivity contribution < 1.29 is 9.18 Å². The molecule has 2 aliphatic carbocycles. The molecule has 2 aromatic rings. The van der Waals surface area contributed by atoms with Crippen molar-refractivity contribution in [1.82, 2.24) is 5.32 Å². The molecule has 5 rings (SSSR count). The lowest BCUT2D eigenvalue weighted by atomic mass is 9.81. The second-order valence-corrected chi connectivity index (χ2v) is 8.65. The third-order valence-electron chi connectivity index (χ3n) is 6.41. The second-order valence-electron chi connectivity index (χ2n) is 8.21. The van der Waals surface area contributed by atoms with Gasteiger partial charge in [-0.3, -0.25) is 4.79 Å². The summed E-state index contributed by atoms with van der Waals surface area (Å²) in [5, 5.41) is 7.14. The zero-order valence-corrected chi connectivity index (χ0v) is 15.8. The first-order chi connectivity index (χ1) is 13.0. The first-order valence-electron chi connectivity index (χ1n) is 9.71. The maximum Gasteiger partial charge on any atom is 0.251 e. The molecule has 2 fully saturated rings. The van der Waals surface area contributed by atoms with Gasteiger partial charge in [0.2, 0.25) is 0 Å². The lowest BCUT2D eigenvalue weighted by molar-refractivity contribution is 0.0917. The molecule has 2 aromatic carbocycles. The zero-order valence-electron chi connectivity index (χ0n) is 15.0. The Hall–Kier alpha value is -2.07. The van der Waals surface area contributed by atoms with Gasteiger partial charge in [-0.05, 0) is 85.9 Å². The van der Waals surface area contributed by atoms with Gasteiger partial charge >= 0.3 is 0 Å². The summed E-state index contributed by atoms with van der Waals surface area (Å²) in [4.78, 5) is 12.5. The summed E-state index contributed by atoms with van der Waals surface area (Å²) in [5.41, 5.74) is 3.59. The summed E-state index contributed by atoms with van der Waals surface area (Å²) in [7, 11) is 0. The van der Waals surface area contributed by atoms with E-state index in [4.69, 9.17) is 11.6 Å².